The Morgan fingerprint density at radius 3 is 2.00 bits per heavy atom. The van der Waals surface area contributed by atoms with Gasteiger partial charge in [0.15, 0.2) is 0 Å². The van der Waals surface area contributed by atoms with E-state index in [2.05, 4.69) is 31.2 Å². The zero-order valence-corrected chi connectivity index (χ0v) is 18.3. The smallest absolute Gasteiger partial charge is 0.341 e. The van der Waals surface area contributed by atoms with Gasteiger partial charge in [0.1, 0.15) is 11.9 Å². The third kappa shape index (κ3) is 4.71. The molecule has 0 saturated carbocycles. The maximum Gasteiger partial charge on any atom is 0.341 e. The molecule has 0 aliphatic carbocycles. The summed E-state index contributed by atoms with van der Waals surface area (Å²) >= 11 is 0. The third-order valence-corrected chi connectivity index (χ3v) is 6.14. The topological polar surface area (TPSA) is 26.3 Å². The number of carbonyl (C=O) groups excluding carboxylic acids is 1. The largest absolute Gasteiger partial charge is 0.458 e. The number of benzene rings is 3. The van der Waals surface area contributed by atoms with E-state index in [-0.39, 0.29) is 11.7 Å². The summed E-state index contributed by atoms with van der Waals surface area (Å²) in [6.45, 7) is 4.16. The molecule has 0 N–H and O–H groups in total. The number of fused-ring (bicyclic) bond motifs is 1. The van der Waals surface area contributed by atoms with Gasteiger partial charge in [-0.05, 0) is 53.5 Å². The Labute approximate surface area is 184 Å². The molecule has 1 aliphatic heterocycles. The van der Waals surface area contributed by atoms with Gasteiger partial charge < -0.3 is 4.74 Å². The van der Waals surface area contributed by atoms with E-state index in [4.69, 9.17) is 4.74 Å². The third-order valence-electron chi connectivity index (χ3n) is 6.14. The Morgan fingerprint density at radius 2 is 1.42 bits per heavy atom. The van der Waals surface area contributed by atoms with Crippen LogP contribution in [-0.2, 0) is 30.4 Å². The summed E-state index contributed by atoms with van der Waals surface area (Å²) in [7, 11) is 0. The first kappa shape index (κ1) is 21.3. The lowest BCUT2D eigenvalue weighted by atomic mass is 9.92. The van der Waals surface area contributed by atoms with Crippen molar-refractivity contribution in [2.24, 2.45) is 0 Å². The summed E-state index contributed by atoms with van der Waals surface area (Å²) in [6.07, 6.45) is 5.35. The Balaban J connectivity index is 1.47. The highest BCUT2D eigenvalue weighted by Gasteiger charge is 2.29. The quantitative estimate of drug-likeness (QED) is 0.400. The van der Waals surface area contributed by atoms with Crippen LogP contribution >= 0.6 is 0 Å². The molecular weight excluding hydrogens is 387 g/mol. The molecule has 4 rings (SSSR count). The van der Waals surface area contributed by atoms with Crippen LogP contribution in [0.2, 0.25) is 0 Å². The van der Waals surface area contributed by atoms with E-state index < -0.39 is 11.8 Å². The fraction of sp³-hybridized carbons (Fsp3) is 0.321. The molecule has 3 aromatic rings. The molecule has 0 bridgehead atoms. The number of ether oxygens (including phenoxy) is 1. The Hall–Kier alpha value is -2.94. The van der Waals surface area contributed by atoms with Crippen molar-refractivity contribution in [3.8, 4) is 11.1 Å². The summed E-state index contributed by atoms with van der Waals surface area (Å²) in [5, 5.41) is 0. The van der Waals surface area contributed by atoms with Gasteiger partial charge in [0.05, 0.1) is 5.56 Å². The lowest BCUT2D eigenvalue weighted by Gasteiger charge is -2.24. The van der Waals surface area contributed by atoms with Crippen molar-refractivity contribution >= 4 is 5.97 Å². The van der Waals surface area contributed by atoms with Crippen molar-refractivity contribution in [2.75, 3.05) is 0 Å². The summed E-state index contributed by atoms with van der Waals surface area (Å²) in [6, 6.07) is 20.5. The number of halogens is 1. The lowest BCUT2D eigenvalue weighted by molar-refractivity contribution is 0.0243. The van der Waals surface area contributed by atoms with E-state index in [1.165, 1.54) is 16.7 Å². The molecule has 0 fully saturated rings. The number of esters is 1. The van der Waals surface area contributed by atoms with Crippen molar-refractivity contribution in [2.45, 2.75) is 58.5 Å². The normalized spacial score (nSPS) is 15.5. The van der Waals surface area contributed by atoms with Gasteiger partial charge in [-0.15, -0.1) is 0 Å². The van der Waals surface area contributed by atoms with Crippen molar-refractivity contribution in [1.82, 2.24) is 0 Å². The van der Waals surface area contributed by atoms with Gasteiger partial charge in [-0.1, -0.05) is 80.9 Å². The van der Waals surface area contributed by atoms with Gasteiger partial charge in [-0.2, -0.15) is 0 Å². The molecule has 31 heavy (non-hydrogen) atoms. The van der Waals surface area contributed by atoms with Gasteiger partial charge in [0, 0.05) is 12.0 Å². The summed E-state index contributed by atoms with van der Waals surface area (Å²) in [5.74, 6) is -1.02. The van der Waals surface area contributed by atoms with E-state index in [0.717, 1.165) is 43.2 Å². The highest BCUT2D eigenvalue weighted by molar-refractivity contribution is 5.94. The molecular formula is C28H29FO2. The second kappa shape index (κ2) is 9.47. The molecule has 1 aliphatic rings. The zero-order chi connectivity index (χ0) is 21.8. The molecule has 160 valence electrons. The van der Waals surface area contributed by atoms with Gasteiger partial charge in [0.25, 0.3) is 0 Å². The number of cyclic esters (lactones) is 1. The first-order valence-corrected chi connectivity index (χ1v) is 11.3. The van der Waals surface area contributed by atoms with Gasteiger partial charge in [-0.3, -0.25) is 0 Å². The minimum atomic E-state index is -0.547. The summed E-state index contributed by atoms with van der Waals surface area (Å²) in [4.78, 5) is 12.3. The zero-order valence-electron chi connectivity index (χ0n) is 18.3. The summed E-state index contributed by atoms with van der Waals surface area (Å²) in [5.41, 5.74) is 5.99. The van der Waals surface area contributed by atoms with Crippen molar-refractivity contribution in [1.29, 1.82) is 0 Å². The van der Waals surface area contributed by atoms with Crippen LogP contribution in [0.3, 0.4) is 0 Å². The first-order chi connectivity index (χ1) is 15.1. The second-order valence-corrected chi connectivity index (χ2v) is 8.36. The molecule has 1 atom stereocenters. The molecule has 3 aromatic carbocycles. The number of rotatable bonds is 7. The Morgan fingerprint density at radius 1 is 0.839 bits per heavy atom. The highest BCUT2D eigenvalue weighted by Crippen LogP contribution is 2.32. The number of hydrogen-bond acceptors (Lipinski definition) is 2. The van der Waals surface area contributed by atoms with Crippen LogP contribution in [0.5, 0.6) is 0 Å². The molecule has 0 saturated heterocycles. The minimum Gasteiger partial charge on any atom is -0.458 e. The van der Waals surface area contributed by atoms with Crippen LogP contribution in [-0.4, -0.2) is 12.1 Å². The molecule has 1 unspecified atom stereocenters. The van der Waals surface area contributed by atoms with Crippen LogP contribution in [0.4, 0.5) is 4.39 Å². The van der Waals surface area contributed by atoms with E-state index in [1.54, 1.807) is 6.07 Å². The minimum absolute atomic E-state index is 0.0952. The van der Waals surface area contributed by atoms with Gasteiger partial charge in [0.2, 0.25) is 0 Å². The number of carbonyl (C=O) groups is 1. The molecule has 0 radical (unpaired) electrons. The fourth-order valence-electron chi connectivity index (χ4n) is 4.26. The Kier molecular flexibility index (Phi) is 6.50. The monoisotopic (exact) mass is 416 g/mol. The van der Waals surface area contributed by atoms with Crippen LogP contribution < -0.4 is 0 Å². The molecule has 1 heterocycles. The van der Waals surface area contributed by atoms with Crippen LogP contribution in [0.1, 0.15) is 59.3 Å². The average Bonchev–Trinajstić information content (AvgIpc) is 2.79. The van der Waals surface area contributed by atoms with E-state index in [9.17, 15) is 4.79 Å². The molecule has 0 amide bonds. The predicted molar refractivity (Wildman–Crippen MR) is 123 cm³/mol. The van der Waals surface area contributed by atoms with Gasteiger partial charge >= 0.3 is 5.97 Å². The van der Waals surface area contributed by atoms with Crippen molar-refractivity contribution in [3.05, 3.63) is 94.3 Å². The standard InChI is InChI=1S/C28H29FO2/c1-3-5-19-6-8-20(9-7-19)10-11-21-12-14-22(15-13-21)25-17-16-23-18-24(4-2)31-28(30)26(23)27(25)29/h6-9,12-17,24H,3-5,10-11,18H2,1-2H3. The van der Waals surface area contributed by atoms with Crippen molar-refractivity contribution < 1.29 is 13.9 Å². The van der Waals surface area contributed by atoms with E-state index in [0.29, 0.717) is 12.0 Å². The van der Waals surface area contributed by atoms with Crippen LogP contribution in [0.25, 0.3) is 11.1 Å². The van der Waals surface area contributed by atoms with Gasteiger partial charge in [-0.25, -0.2) is 9.18 Å². The summed E-state index contributed by atoms with van der Waals surface area (Å²) < 4.78 is 20.5. The SMILES string of the molecule is CCCc1ccc(CCc2ccc(-c3ccc4c(c3F)C(=O)OC(CC)C4)cc2)cc1. The second-order valence-electron chi connectivity index (χ2n) is 8.36. The molecule has 0 spiro atoms. The Bertz CT molecular complexity index is 1050. The van der Waals surface area contributed by atoms with E-state index >= 15 is 4.39 Å². The maximum atomic E-state index is 15.2. The van der Waals surface area contributed by atoms with Crippen molar-refractivity contribution in [3.63, 3.8) is 0 Å². The maximum absolute atomic E-state index is 15.2. The molecule has 2 nitrogen and oxygen atoms in total. The number of hydrogen-bond donors (Lipinski definition) is 0. The van der Waals surface area contributed by atoms with Crippen LogP contribution in [0, 0.1) is 5.82 Å². The van der Waals surface area contributed by atoms with E-state index in [1.807, 2.05) is 37.3 Å². The fourth-order valence-corrected chi connectivity index (χ4v) is 4.26. The lowest BCUT2D eigenvalue weighted by Crippen LogP contribution is -2.28. The average molecular weight is 417 g/mol. The number of aryl methyl sites for hydroxylation is 3. The molecule has 3 heteroatoms. The van der Waals surface area contributed by atoms with Crippen LogP contribution in [0.15, 0.2) is 60.7 Å². The molecule has 0 aromatic heterocycles. The predicted octanol–water partition coefficient (Wildman–Crippen LogP) is 6.72. The first-order valence-electron chi connectivity index (χ1n) is 11.3. The highest BCUT2D eigenvalue weighted by atomic mass is 19.1.